The van der Waals surface area contributed by atoms with Gasteiger partial charge in [0.05, 0.1) is 21.1 Å². The number of quaternary nitrogens is 1. The highest BCUT2D eigenvalue weighted by atomic mass is 16.3. The fourth-order valence-electron chi connectivity index (χ4n) is 3.67. The van der Waals surface area contributed by atoms with Crippen molar-refractivity contribution in [2.24, 2.45) is 11.8 Å². The average Bonchev–Trinajstić information content (AvgIpc) is 2.15. The van der Waals surface area contributed by atoms with Crippen LogP contribution in [-0.2, 0) is 0 Å². The summed E-state index contributed by atoms with van der Waals surface area (Å²) in [4.78, 5) is 0. The van der Waals surface area contributed by atoms with Crippen molar-refractivity contribution in [3.63, 3.8) is 0 Å². The first-order valence-electron chi connectivity index (χ1n) is 6.47. The maximum absolute atomic E-state index is 10.2. The van der Waals surface area contributed by atoms with Gasteiger partial charge in [0.25, 0.3) is 0 Å². The first kappa shape index (κ1) is 11.4. The van der Waals surface area contributed by atoms with Crippen LogP contribution in [0.2, 0.25) is 0 Å². The SMILES string of the molecule is C[N+](C)(C)[C@@H]1C[C@H]2CCCC[C@@H]2C[C@H]1O. The first-order chi connectivity index (χ1) is 6.98. The van der Waals surface area contributed by atoms with E-state index in [9.17, 15) is 5.11 Å². The molecule has 0 aromatic carbocycles. The summed E-state index contributed by atoms with van der Waals surface area (Å²) < 4.78 is 0.921. The Balaban J connectivity index is 2.05. The Kier molecular flexibility index (Phi) is 3.09. The molecular weight excluding hydrogens is 186 g/mol. The van der Waals surface area contributed by atoms with Gasteiger partial charge >= 0.3 is 0 Å². The molecule has 0 amide bonds. The fourth-order valence-corrected chi connectivity index (χ4v) is 3.67. The van der Waals surface area contributed by atoms with E-state index >= 15 is 0 Å². The van der Waals surface area contributed by atoms with Gasteiger partial charge in [-0.2, -0.15) is 0 Å². The van der Waals surface area contributed by atoms with Gasteiger partial charge in [0.2, 0.25) is 0 Å². The van der Waals surface area contributed by atoms with E-state index in [2.05, 4.69) is 21.1 Å². The standard InChI is InChI=1S/C13H26NO/c1-14(2,3)12-8-10-6-4-5-7-11(10)9-13(12)15/h10-13,15H,4-9H2,1-3H3/q+1/t10-,11-,12-,13-/m1/s1. The van der Waals surface area contributed by atoms with Gasteiger partial charge in [0.15, 0.2) is 0 Å². The van der Waals surface area contributed by atoms with Gasteiger partial charge in [-0.15, -0.1) is 0 Å². The molecular formula is C13H26NO+. The van der Waals surface area contributed by atoms with Gasteiger partial charge in [-0.25, -0.2) is 0 Å². The minimum Gasteiger partial charge on any atom is -0.387 e. The Morgan fingerprint density at radius 2 is 1.47 bits per heavy atom. The highest BCUT2D eigenvalue weighted by Crippen LogP contribution is 2.42. The number of rotatable bonds is 1. The smallest absolute Gasteiger partial charge is 0.115 e. The summed E-state index contributed by atoms with van der Waals surface area (Å²) in [5, 5.41) is 10.2. The van der Waals surface area contributed by atoms with E-state index < -0.39 is 0 Å². The molecule has 2 aliphatic carbocycles. The van der Waals surface area contributed by atoms with Crippen LogP contribution in [0, 0.1) is 11.8 Å². The number of nitrogens with zero attached hydrogens (tertiary/aromatic N) is 1. The number of fused-ring (bicyclic) bond motifs is 1. The third kappa shape index (κ3) is 2.36. The quantitative estimate of drug-likeness (QED) is 0.659. The van der Waals surface area contributed by atoms with E-state index in [1.54, 1.807) is 0 Å². The van der Waals surface area contributed by atoms with Crippen molar-refractivity contribution in [3.8, 4) is 0 Å². The third-order valence-electron chi connectivity index (χ3n) is 4.59. The molecule has 2 saturated carbocycles. The van der Waals surface area contributed by atoms with Gasteiger partial charge in [-0.05, 0) is 24.7 Å². The van der Waals surface area contributed by atoms with E-state index in [0.29, 0.717) is 6.04 Å². The van der Waals surface area contributed by atoms with Crippen LogP contribution in [0.4, 0.5) is 0 Å². The topological polar surface area (TPSA) is 20.2 Å². The average molecular weight is 212 g/mol. The number of hydrogen-bond acceptors (Lipinski definition) is 1. The highest BCUT2D eigenvalue weighted by molar-refractivity contribution is 4.88. The molecule has 0 aromatic heterocycles. The lowest BCUT2D eigenvalue weighted by molar-refractivity contribution is -0.901. The number of aliphatic hydroxyl groups excluding tert-OH is 1. The van der Waals surface area contributed by atoms with Crippen molar-refractivity contribution in [1.82, 2.24) is 0 Å². The lowest BCUT2D eigenvalue weighted by Gasteiger charge is -2.46. The van der Waals surface area contributed by atoms with Crippen molar-refractivity contribution < 1.29 is 9.59 Å². The predicted molar refractivity (Wildman–Crippen MR) is 62.5 cm³/mol. The molecule has 88 valence electrons. The molecule has 0 aliphatic heterocycles. The molecule has 4 atom stereocenters. The zero-order chi connectivity index (χ0) is 11.1. The Hall–Kier alpha value is -0.0800. The van der Waals surface area contributed by atoms with Crippen molar-refractivity contribution in [1.29, 1.82) is 0 Å². The van der Waals surface area contributed by atoms with Crippen LogP contribution in [0.15, 0.2) is 0 Å². The van der Waals surface area contributed by atoms with Crippen molar-refractivity contribution in [2.75, 3.05) is 21.1 Å². The Labute approximate surface area is 93.9 Å². The lowest BCUT2D eigenvalue weighted by Crippen LogP contribution is -2.56. The van der Waals surface area contributed by atoms with Crippen molar-refractivity contribution >= 4 is 0 Å². The summed E-state index contributed by atoms with van der Waals surface area (Å²) in [7, 11) is 6.66. The van der Waals surface area contributed by atoms with E-state index in [0.717, 1.165) is 22.7 Å². The lowest BCUT2D eigenvalue weighted by atomic mass is 9.68. The van der Waals surface area contributed by atoms with Crippen molar-refractivity contribution in [3.05, 3.63) is 0 Å². The van der Waals surface area contributed by atoms with E-state index in [1.165, 1.54) is 32.1 Å². The Morgan fingerprint density at radius 3 is 2.00 bits per heavy atom. The monoisotopic (exact) mass is 212 g/mol. The maximum Gasteiger partial charge on any atom is 0.115 e. The summed E-state index contributed by atoms with van der Waals surface area (Å²) in [5.41, 5.74) is 0. The zero-order valence-electron chi connectivity index (χ0n) is 10.4. The van der Waals surface area contributed by atoms with Crippen LogP contribution < -0.4 is 0 Å². The van der Waals surface area contributed by atoms with E-state index in [4.69, 9.17) is 0 Å². The van der Waals surface area contributed by atoms with Crippen LogP contribution in [0.1, 0.15) is 38.5 Å². The Bertz CT molecular complexity index is 221. The Morgan fingerprint density at radius 1 is 0.933 bits per heavy atom. The van der Waals surface area contributed by atoms with Crippen LogP contribution in [0.25, 0.3) is 0 Å². The largest absolute Gasteiger partial charge is 0.387 e. The molecule has 15 heavy (non-hydrogen) atoms. The maximum atomic E-state index is 10.2. The third-order valence-corrected chi connectivity index (χ3v) is 4.59. The second-order valence-electron chi connectivity index (χ2n) is 6.53. The summed E-state index contributed by atoms with van der Waals surface area (Å²) >= 11 is 0. The van der Waals surface area contributed by atoms with Gasteiger partial charge in [-0.3, -0.25) is 0 Å². The molecule has 2 aliphatic rings. The molecule has 0 saturated heterocycles. The second kappa shape index (κ2) is 4.06. The van der Waals surface area contributed by atoms with Gasteiger partial charge in [0, 0.05) is 6.42 Å². The van der Waals surface area contributed by atoms with E-state index in [-0.39, 0.29) is 6.10 Å². The molecule has 0 bridgehead atoms. The zero-order valence-corrected chi connectivity index (χ0v) is 10.4. The number of aliphatic hydroxyl groups is 1. The first-order valence-corrected chi connectivity index (χ1v) is 6.47. The van der Waals surface area contributed by atoms with Crippen LogP contribution in [0.5, 0.6) is 0 Å². The molecule has 0 radical (unpaired) electrons. The summed E-state index contributed by atoms with van der Waals surface area (Å²) in [5.74, 6) is 1.74. The van der Waals surface area contributed by atoms with Crippen molar-refractivity contribution in [2.45, 2.75) is 50.7 Å². The molecule has 2 nitrogen and oxygen atoms in total. The number of hydrogen-bond donors (Lipinski definition) is 1. The summed E-state index contributed by atoms with van der Waals surface area (Å²) in [6.45, 7) is 0. The van der Waals surface area contributed by atoms with Crippen LogP contribution in [-0.4, -0.2) is 42.9 Å². The predicted octanol–water partition coefficient (Wildman–Crippen LogP) is 2.02. The minimum absolute atomic E-state index is 0.0654. The molecule has 2 fully saturated rings. The molecule has 2 heteroatoms. The van der Waals surface area contributed by atoms with Gasteiger partial charge in [-0.1, -0.05) is 19.3 Å². The molecule has 2 rings (SSSR count). The van der Waals surface area contributed by atoms with Crippen LogP contribution >= 0.6 is 0 Å². The van der Waals surface area contributed by atoms with Gasteiger partial charge in [0.1, 0.15) is 12.1 Å². The second-order valence-corrected chi connectivity index (χ2v) is 6.53. The molecule has 0 aromatic rings. The normalized spacial score (nSPS) is 42.4. The summed E-state index contributed by atoms with van der Waals surface area (Å²) in [6.07, 6.45) is 7.83. The van der Waals surface area contributed by atoms with Crippen LogP contribution in [0.3, 0.4) is 0 Å². The minimum atomic E-state index is -0.0654. The highest BCUT2D eigenvalue weighted by Gasteiger charge is 2.42. The molecule has 0 heterocycles. The molecule has 0 unspecified atom stereocenters. The molecule has 0 spiro atoms. The molecule has 1 N–H and O–H groups in total. The number of likely N-dealkylation sites (N-methyl/N-ethyl adjacent to an activating group) is 1. The summed E-state index contributed by atoms with van der Waals surface area (Å²) in [6, 6.07) is 0.462. The fraction of sp³-hybridized carbons (Fsp3) is 1.00. The van der Waals surface area contributed by atoms with Gasteiger partial charge < -0.3 is 9.59 Å². The van der Waals surface area contributed by atoms with E-state index in [1.807, 2.05) is 0 Å².